The summed E-state index contributed by atoms with van der Waals surface area (Å²) in [5.41, 5.74) is 1.02. The molecule has 0 amide bonds. The Balaban J connectivity index is 2.23. The zero-order valence-electron chi connectivity index (χ0n) is 12.0. The van der Waals surface area contributed by atoms with Gasteiger partial charge in [-0.25, -0.2) is 0 Å². The molecule has 1 saturated carbocycles. The number of methoxy groups -OCH3 is 1. The van der Waals surface area contributed by atoms with Crippen molar-refractivity contribution in [3.05, 3.63) is 16.9 Å². The van der Waals surface area contributed by atoms with Gasteiger partial charge in [-0.15, -0.1) is 0 Å². The highest BCUT2D eigenvalue weighted by Gasteiger charge is 2.33. The van der Waals surface area contributed by atoms with Crippen molar-refractivity contribution in [2.45, 2.75) is 44.2 Å². The molecule has 2 rings (SSSR count). The second-order valence-corrected chi connectivity index (χ2v) is 5.77. The second kappa shape index (κ2) is 6.73. The summed E-state index contributed by atoms with van der Waals surface area (Å²) < 4.78 is 7.66. The summed E-state index contributed by atoms with van der Waals surface area (Å²) in [5.74, 6) is 0.599. The van der Waals surface area contributed by atoms with Crippen LogP contribution in [0.5, 0.6) is 0 Å². The summed E-state index contributed by atoms with van der Waals surface area (Å²) in [4.78, 5) is 0. The lowest BCUT2D eigenvalue weighted by atomic mass is 9.82. The predicted molar refractivity (Wildman–Crippen MR) is 77.4 cm³/mol. The first-order chi connectivity index (χ1) is 9.19. The molecular formula is C14H24ClN3O. The molecule has 0 aromatic carbocycles. The third-order valence-corrected chi connectivity index (χ3v) is 4.55. The molecule has 1 N–H and O–H groups in total. The third-order valence-electron chi connectivity index (χ3n) is 4.26. The lowest BCUT2D eigenvalue weighted by Crippen LogP contribution is -2.38. The van der Waals surface area contributed by atoms with Crippen molar-refractivity contribution < 1.29 is 4.74 Å². The van der Waals surface area contributed by atoms with Gasteiger partial charge in [0.1, 0.15) is 0 Å². The molecule has 0 spiro atoms. The number of hydrogen-bond donors (Lipinski definition) is 1. The minimum absolute atomic E-state index is 0.0908. The van der Waals surface area contributed by atoms with Gasteiger partial charge in [0, 0.05) is 14.2 Å². The Bertz CT molecular complexity index is 382. The largest absolute Gasteiger partial charge is 0.379 e. The normalized spacial score (nSPS) is 20.4. The molecule has 1 aromatic heterocycles. The number of likely N-dealkylation sites (N-methyl/N-ethyl adjacent to an activating group) is 1. The molecule has 0 bridgehead atoms. The van der Waals surface area contributed by atoms with Crippen LogP contribution < -0.4 is 5.32 Å². The number of ether oxygens (including phenoxy) is 1. The monoisotopic (exact) mass is 285 g/mol. The predicted octanol–water partition coefficient (Wildman–Crippen LogP) is 2.93. The van der Waals surface area contributed by atoms with Gasteiger partial charge in [0.15, 0.2) is 0 Å². The first kappa shape index (κ1) is 14.8. The van der Waals surface area contributed by atoms with E-state index in [9.17, 15) is 0 Å². The highest BCUT2D eigenvalue weighted by Crippen LogP contribution is 2.35. The maximum atomic E-state index is 6.28. The highest BCUT2D eigenvalue weighted by molar-refractivity contribution is 6.31. The lowest BCUT2D eigenvalue weighted by Gasteiger charge is -2.35. The minimum Gasteiger partial charge on any atom is -0.379 e. The van der Waals surface area contributed by atoms with Crippen LogP contribution >= 0.6 is 11.6 Å². The van der Waals surface area contributed by atoms with Crippen LogP contribution in [0.25, 0.3) is 0 Å². The molecule has 1 fully saturated rings. The van der Waals surface area contributed by atoms with Crippen LogP contribution in [0, 0.1) is 5.92 Å². The van der Waals surface area contributed by atoms with Gasteiger partial charge >= 0.3 is 0 Å². The van der Waals surface area contributed by atoms with Gasteiger partial charge in [0.2, 0.25) is 0 Å². The number of halogens is 1. The molecule has 19 heavy (non-hydrogen) atoms. The van der Waals surface area contributed by atoms with E-state index in [2.05, 4.69) is 10.4 Å². The maximum Gasteiger partial charge on any atom is 0.0835 e. The number of rotatable bonds is 5. The Hall–Kier alpha value is -0.580. The Labute approximate surface area is 120 Å². The quantitative estimate of drug-likeness (QED) is 0.904. The molecule has 0 saturated heterocycles. The molecule has 1 aliphatic carbocycles. The van der Waals surface area contributed by atoms with Crippen molar-refractivity contribution in [1.29, 1.82) is 0 Å². The summed E-state index contributed by atoms with van der Waals surface area (Å²) >= 11 is 6.28. The van der Waals surface area contributed by atoms with Crippen LogP contribution in [-0.4, -0.2) is 30.0 Å². The van der Waals surface area contributed by atoms with Gasteiger partial charge in [-0.3, -0.25) is 4.68 Å². The van der Waals surface area contributed by atoms with E-state index in [0.717, 1.165) is 5.69 Å². The Morgan fingerprint density at radius 2 is 2.11 bits per heavy atom. The van der Waals surface area contributed by atoms with E-state index in [4.69, 9.17) is 16.3 Å². The molecule has 108 valence electrons. The number of hydrogen-bond acceptors (Lipinski definition) is 3. The molecule has 2 unspecified atom stereocenters. The van der Waals surface area contributed by atoms with Crippen LogP contribution in [0.1, 0.15) is 43.8 Å². The summed E-state index contributed by atoms with van der Waals surface area (Å²) in [7, 11) is 5.69. The average Bonchev–Trinajstić information content (AvgIpc) is 2.77. The van der Waals surface area contributed by atoms with E-state index in [0.29, 0.717) is 10.9 Å². The van der Waals surface area contributed by atoms with Crippen molar-refractivity contribution in [2.24, 2.45) is 13.0 Å². The third kappa shape index (κ3) is 3.12. The maximum absolute atomic E-state index is 6.28. The summed E-state index contributed by atoms with van der Waals surface area (Å²) in [6.45, 7) is 0. The van der Waals surface area contributed by atoms with Gasteiger partial charge in [0.05, 0.1) is 29.1 Å². The number of nitrogens with zero attached hydrogens (tertiary/aromatic N) is 2. The van der Waals surface area contributed by atoms with Crippen LogP contribution in [0.2, 0.25) is 5.02 Å². The summed E-state index contributed by atoms with van der Waals surface area (Å²) in [5, 5.41) is 8.31. The van der Waals surface area contributed by atoms with E-state index in [1.54, 1.807) is 13.3 Å². The number of aryl methyl sites for hydroxylation is 1. The van der Waals surface area contributed by atoms with Crippen molar-refractivity contribution >= 4 is 11.6 Å². The molecular weight excluding hydrogens is 262 g/mol. The first-order valence-electron chi connectivity index (χ1n) is 7.06. The van der Waals surface area contributed by atoms with Gasteiger partial charge < -0.3 is 10.1 Å². The molecule has 0 aliphatic heterocycles. The van der Waals surface area contributed by atoms with E-state index in [-0.39, 0.29) is 12.1 Å². The van der Waals surface area contributed by atoms with E-state index < -0.39 is 0 Å². The van der Waals surface area contributed by atoms with Crippen LogP contribution in [0.3, 0.4) is 0 Å². The molecule has 1 heterocycles. The molecule has 1 aliphatic rings. The first-order valence-corrected chi connectivity index (χ1v) is 7.44. The zero-order chi connectivity index (χ0) is 13.8. The number of aromatic nitrogens is 2. The molecule has 1 aromatic rings. The van der Waals surface area contributed by atoms with Crippen LogP contribution in [0.4, 0.5) is 0 Å². The van der Waals surface area contributed by atoms with E-state index >= 15 is 0 Å². The van der Waals surface area contributed by atoms with Crippen LogP contribution in [0.15, 0.2) is 6.20 Å². The van der Waals surface area contributed by atoms with Gasteiger partial charge in [-0.1, -0.05) is 30.9 Å². The zero-order valence-corrected chi connectivity index (χ0v) is 12.8. The van der Waals surface area contributed by atoms with Crippen molar-refractivity contribution in [1.82, 2.24) is 15.1 Å². The summed E-state index contributed by atoms with van der Waals surface area (Å²) in [6, 6.07) is 0.0908. The molecule has 5 heteroatoms. The minimum atomic E-state index is 0.0908. The Morgan fingerprint density at radius 3 is 2.58 bits per heavy atom. The topological polar surface area (TPSA) is 39.1 Å². The fourth-order valence-electron chi connectivity index (χ4n) is 3.29. The standard InChI is InChI=1S/C14H24ClN3O/c1-16-12(13-11(15)9-17-18(13)2)14(19-3)10-7-5-4-6-8-10/h9-10,12,14,16H,4-8H2,1-3H3. The van der Waals surface area contributed by atoms with E-state index in [1.807, 2.05) is 18.8 Å². The van der Waals surface area contributed by atoms with E-state index in [1.165, 1.54) is 32.1 Å². The molecule has 4 nitrogen and oxygen atoms in total. The second-order valence-electron chi connectivity index (χ2n) is 5.37. The Kier molecular flexibility index (Phi) is 5.25. The lowest BCUT2D eigenvalue weighted by molar-refractivity contribution is 0.00752. The summed E-state index contributed by atoms with van der Waals surface area (Å²) in [6.07, 6.45) is 8.30. The van der Waals surface area contributed by atoms with Crippen LogP contribution in [-0.2, 0) is 11.8 Å². The molecule has 0 radical (unpaired) electrons. The highest BCUT2D eigenvalue weighted by atomic mass is 35.5. The van der Waals surface area contributed by atoms with Crippen molar-refractivity contribution in [2.75, 3.05) is 14.2 Å². The SMILES string of the molecule is CNC(c1c(Cl)cnn1C)C(OC)C1CCCCC1. The van der Waals surface area contributed by atoms with Crippen molar-refractivity contribution in [3.63, 3.8) is 0 Å². The molecule has 2 atom stereocenters. The Morgan fingerprint density at radius 1 is 1.42 bits per heavy atom. The van der Waals surface area contributed by atoms with Gasteiger partial charge in [0.25, 0.3) is 0 Å². The smallest absolute Gasteiger partial charge is 0.0835 e. The van der Waals surface area contributed by atoms with Gasteiger partial charge in [-0.05, 0) is 25.8 Å². The van der Waals surface area contributed by atoms with Gasteiger partial charge in [-0.2, -0.15) is 5.10 Å². The van der Waals surface area contributed by atoms with Crippen molar-refractivity contribution in [3.8, 4) is 0 Å². The number of nitrogens with one attached hydrogen (secondary N) is 1. The average molecular weight is 286 g/mol. The fraction of sp³-hybridized carbons (Fsp3) is 0.786. The fourth-order valence-corrected chi connectivity index (χ4v) is 3.57.